The summed E-state index contributed by atoms with van der Waals surface area (Å²) in [5.41, 5.74) is 2.74. The summed E-state index contributed by atoms with van der Waals surface area (Å²) in [7, 11) is 0. The van der Waals surface area contributed by atoms with Crippen LogP contribution in [0.3, 0.4) is 0 Å². The van der Waals surface area contributed by atoms with Crippen molar-refractivity contribution in [2.24, 2.45) is 11.0 Å². The fourth-order valence-corrected chi connectivity index (χ4v) is 1.39. The van der Waals surface area contributed by atoms with Crippen molar-refractivity contribution in [1.82, 2.24) is 5.43 Å². The molecule has 4 nitrogen and oxygen atoms in total. The number of amides is 1. The molecule has 0 heterocycles. The van der Waals surface area contributed by atoms with Gasteiger partial charge in [0, 0.05) is 11.5 Å². The van der Waals surface area contributed by atoms with Gasteiger partial charge in [0.1, 0.15) is 5.75 Å². The van der Waals surface area contributed by atoms with Gasteiger partial charge < -0.3 is 4.74 Å². The Kier molecular flexibility index (Phi) is 3.86. The average Bonchev–Trinajstić information content (AvgIpc) is 3.14. The van der Waals surface area contributed by atoms with Crippen LogP contribution in [-0.2, 0) is 4.79 Å². The molecule has 1 saturated carbocycles. The van der Waals surface area contributed by atoms with E-state index in [4.69, 9.17) is 0 Å². The first kappa shape index (κ1) is 12.5. The Morgan fingerprint density at radius 2 is 2.17 bits per heavy atom. The number of hydrogen-bond acceptors (Lipinski definition) is 3. The molecule has 1 N–H and O–H groups in total. The number of para-hydroxylation sites is 1. The third kappa shape index (κ3) is 3.51. The van der Waals surface area contributed by atoms with E-state index in [2.05, 4.69) is 15.3 Å². The number of carbonyl (C=O) groups is 1. The molecule has 1 aliphatic rings. The molecule has 2 rings (SSSR count). The molecule has 0 bridgehead atoms. The predicted molar refractivity (Wildman–Crippen MR) is 61.5 cm³/mol. The molecule has 0 atom stereocenters. The second-order valence-corrected chi connectivity index (χ2v) is 3.92. The number of carbonyl (C=O) groups excluding carboxylic acids is 1. The van der Waals surface area contributed by atoms with E-state index in [-0.39, 0.29) is 17.6 Å². The lowest BCUT2D eigenvalue weighted by atomic mass is 10.2. The van der Waals surface area contributed by atoms with E-state index in [9.17, 15) is 13.6 Å². The van der Waals surface area contributed by atoms with Gasteiger partial charge in [-0.1, -0.05) is 12.1 Å². The van der Waals surface area contributed by atoms with Crippen molar-refractivity contribution < 1.29 is 18.3 Å². The van der Waals surface area contributed by atoms with Crippen molar-refractivity contribution >= 4 is 12.1 Å². The molecule has 1 fully saturated rings. The lowest BCUT2D eigenvalue weighted by Crippen LogP contribution is -2.19. The van der Waals surface area contributed by atoms with Crippen LogP contribution in [0.2, 0.25) is 0 Å². The summed E-state index contributed by atoms with van der Waals surface area (Å²) in [5.74, 6) is -0.0647. The van der Waals surface area contributed by atoms with Crippen molar-refractivity contribution in [1.29, 1.82) is 0 Å². The Bertz CT molecular complexity index is 459. The molecule has 0 aliphatic heterocycles. The molecular weight excluding hydrogens is 242 g/mol. The molecule has 1 aromatic rings. The Hall–Kier alpha value is -1.98. The van der Waals surface area contributed by atoms with Crippen molar-refractivity contribution in [3.8, 4) is 5.75 Å². The van der Waals surface area contributed by atoms with E-state index in [1.54, 1.807) is 18.2 Å². The minimum absolute atomic E-state index is 0.0249. The molecule has 1 aromatic carbocycles. The molecule has 96 valence electrons. The first-order chi connectivity index (χ1) is 8.66. The van der Waals surface area contributed by atoms with Crippen LogP contribution in [-0.4, -0.2) is 18.7 Å². The van der Waals surface area contributed by atoms with Crippen LogP contribution in [0.15, 0.2) is 29.4 Å². The zero-order chi connectivity index (χ0) is 13.0. The maximum atomic E-state index is 12.1. The smallest absolute Gasteiger partial charge is 0.387 e. The summed E-state index contributed by atoms with van der Waals surface area (Å²) >= 11 is 0. The van der Waals surface area contributed by atoms with Crippen LogP contribution in [0.1, 0.15) is 18.4 Å². The standard InChI is InChI=1S/C12H12F2N2O2/c13-12(14)18-10-4-2-1-3-9(10)7-15-16-11(17)8-5-6-8/h1-4,7-8,12H,5-6H2,(H,16,17)/b15-7+. The number of ether oxygens (including phenoxy) is 1. The summed E-state index contributed by atoms with van der Waals surface area (Å²) < 4.78 is 28.6. The number of benzene rings is 1. The third-order valence-electron chi connectivity index (χ3n) is 2.46. The minimum Gasteiger partial charge on any atom is -0.434 e. The lowest BCUT2D eigenvalue weighted by Gasteiger charge is -2.06. The molecule has 0 saturated heterocycles. The van der Waals surface area contributed by atoms with Gasteiger partial charge in [-0.05, 0) is 25.0 Å². The predicted octanol–water partition coefficient (Wildman–Crippen LogP) is 2.15. The minimum atomic E-state index is -2.89. The summed E-state index contributed by atoms with van der Waals surface area (Å²) in [5, 5.41) is 3.72. The van der Waals surface area contributed by atoms with Crippen LogP contribution in [0.4, 0.5) is 8.78 Å². The average molecular weight is 254 g/mol. The van der Waals surface area contributed by atoms with E-state index >= 15 is 0 Å². The van der Waals surface area contributed by atoms with E-state index in [0.29, 0.717) is 5.56 Å². The highest BCUT2D eigenvalue weighted by Crippen LogP contribution is 2.28. The summed E-state index contributed by atoms with van der Waals surface area (Å²) in [6.45, 7) is -2.89. The molecule has 1 aliphatic carbocycles. The lowest BCUT2D eigenvalue weighted by molar-refractivity contribution is -0.122. The van der Waals surface area contributed by atoms with Crippen molar-refractivity contribution in [3.05, 3.63) is 29.8 Å². The van der Waals surface area contributed by atoms with Crippen LogP contribution >= 0.6 is 0 Å². The maximum absolute atomic E-state index is 12.1. The Balaban J connectivity index is 1.98. The summed E-state index contributed by atoms with van der Waals surface area (Å²) in [4.78, 5) is 11.3. The molecule has 0 aromatic heterocycles. The zero-order valence-corrected chi connectivity index (χ0v) is 9.48. The molecule has 0 radical (unpaired) electrons. The third-order valence-corrected chi connectivity index (χ3v) is 2.46. The molecule has 0 unspecified atom stereocenters. The van der Waals surface area contributed by atoms with Crippen LogP contribution in [0.25, 0.3) is 0 Å². The largest absolute Gasteiger partial charge is 0.434 e. The van der Waals surface area contributed by atoms with Crippen LogP contribution in [0, 0.1) is 5.92 Å². The quantitative estimate of drug-likeness (QED) is 0.646. The van der Waals surface area contributed by atoms with E-state index in [1.165, 1.54) is 12.3 Å². The molecule has 18 heavy (non-hydrogen) atoms. The molecule has 1 amide bonds. The number of alkyl halides is 2. The monoisotopic (exact) mass is 254 g/mol. The highest BCUT2D eigenvalue weighted by atomic mass is 19.3. The number of nitrogens with zero attached hydrogens (tertiary/aromatic N) is 1. The Morgan fingerprint density at radius 3 is 2.83 bits per heavy atom. The fourth-order valence-electron chi connectivity index (χ4n) is 1.39. The Morgan fingerprint density at radius 1 is 1.44 bits per heavy atom. The number of nitrogens with one attached hydrogen (secondary N) is 1. The Labute approximate surface area is 103 Å². The van der Waals surface area contributed by atoms with Gasteiger partial charge in [0.15, 0.2) is 0 Å². The van der Waals surface area contributed by atoms with Crippen molar-refractivity contribution in [2.45, 2.75) is 19.5 Å². The SMILES string of the molecule is O=C(N/N=C/c1ccccc1OC(F)F)C1CC1. The number of hydrogen-bond donors (Lipinski definition) is 1. The normalized spacial score (nSPS) is 15.1. The van der Waals surface area contributed by atoms with Gasteiger partial charge in [0.25, 0.3) is 0 Å². The number of rotatable bonds is 5. The van der Waals surface area contributed by atoms with Crippen LogP contribution < -0.4 is 10.2 Å². The van der Waals surface area contributed by atoms with E-state index in [0.717, 1.165) is 12.8 Å². The first-order valence-electron chi connectivity index (χ1n) is 5.53. The van der Waals surface area contributed by atoms with Gasteiger partial charge >= 0.3 is 6.61 Å². The van der Waals surface area contributed by atoms with Gasteiger partial charge in [-0.25, -0.2) is 5.43 Å². The highest BCUT2D eigenvalue weighted by Gasteiger charge is 2.29. The highest BCUT2D eigenvalue weighted by molar-refractivity contribution is 5.86. The van der Waals surface area contributed by atoms with Gasteiger partial charge in [-0.2, -0.15) is 13.9 Å². The zero-order valence-electron chi connectivity index (χ0n) is 9.48. The molecule has 0 spiro atoms. The fraction of sp³-hybridized carbons (Fsp3) is 0.333. The van der Waals surface area contributed by atoms with Gasteiger partial charge in [-0.3, -0.25) is 4.79 Å². The first-order valence-corrected chi connectivity index (χ1v) is 5.53. The van der Waals surface area contributed by atoms with Gasteiger partial charge in [0.2, 0.25) is 5.91 Å². The summed E-state index contributed by atoms with van der Waals surface area (Å²) in [6.07, 6.45) is 3.05. The topological polar surface area (TPSA) is 50.7 Å². The van der Waals surface area contributed by atoms with Gasteiger partial charge in [-0.15, -0.1) is 0 Å². The molecular formula is C12H12F2N2O2. The summed E-state index contributed by atoms with van der Waals surface area (Å²) in [6, 6.07) is 6.24. The van der Waals surface area contributed by atoms with Crippen LogP contribution in [0.5, 0.6) is 5.75 Å². The second kappa shape index (κ2) is 5.57. The van der Waals surface area contributed by atoms with Crippen molar-refractivity contribution in [3.63, 3.8) is 0 Å². The maximum Gasteiger partial charge on any atom is 0.387 e. The molecule has 6 heteroatoms. The van der Waals surface area contributed by atoms with Crippen molar-refractivity contribution in [2.75, 3.05) is 0 Å². The van der Waals surface area contributed by atoms with E-state index < -0.39 is 6.61 Å². The van der Waals surface area contributed by atoms with Gasteiger partial charge in [0.05, 0.1) is 6.21 Å². The number of hydrazone groups is 1. The number of halogens is 2. The van der Waals surface area contributed by atoms with E-state index in [1.807, 2.05) is 0 Å². The second-order valence-electron chi connectivity index (χ2n) is 3.92.